The summed E-state index contributed by atoms with van der Waals surface area (Å²) in [7, 11) is 0. The summed E-state index contributed by atoms with van der Waals surface area (Å²) < 4.78 is 0. The lowest BCUT2D eigenvalue weighted by atomic mass is 9.97. The Bertz CT molecular complexity index is 535. The minimum Gasteiger partial charge on any atom is -0.348 e. The van der Waals surface area contributed by atoms with E-state index in [4.69, 9.17) is 0 Å². The second-order valence-electron chi connectivity index (χ2n) is 6.22. The molecule has 1 fully saturated rings. The number of carbonyl (C=O) groups excluding carboxylic acids is 2. The van der Waals surface area contributed by atoms with Crippen molar-refractivity contribution >= 4 is 17.5 Å². The lowest BCUT2D eigenvalue weighted by molar-refractivity contribution is -0.135. The number of benzene rings is 1. The van der Waals surface area contributed by atoms with Crippen LogP contribution in [-0.4, -0.2) is 29.9 Å². The van der Waals surface area contributed by atoms with Crippen LogP contribution in [0.15, 0.2) is 24.3 Å². The Morgan fingerprint density at radius 3 is 2.43 bits per heavy atom. The number of hydrogen-bond acceptors (Lipinski definition) is 4. The monoisotopic (exact) mass is 289 g/mol. The predicted molar refractivity (Wildman–Crippen MR) is 83.0 cm³/mol. The third-order valence-electron chi connectivity index (χ3n) is 3.75. The zero-order valence-corrected chi connectivity index (χ0v) is 13.1. The van der Waals surface area contributed by atoms with Crippen molar-refractivity contribution in [3.63, 3.8) is 0 Å². The Morgan fingerprint density at radius 2 is 1.86 bits per heavy atom. The molecule has 2 N–H and O–H groups in total. The van der Waals surface area contributed by atoms with Crippen molar-refractivity contribution < 1.29 is 9.59 Å². The van der Waals surface area contributed by atoms with Crippen LogP contribution in [0.3, 0.4) is 0 Å². The van der Waals surface area contributed by atoms with E-state index in [-0.39, 0.29) is 18.4 Å². The van der Waals surface area contributed by atoms with E-state index in [1.807, 2.05) is 43.0 Å². The molecule has 21 heavy (non-hydrogen) atoms. The van der Waals surface area contributed by atoms with Crippen LogP contribution in [0.2, 0.25) is 0 Å². The van der Waals surface area contributed by atoms with Crippen LogP contribution in [0.25, 0.3) is 0 Å². The molecule has 114 valence electrons. The molecule has 1 saturated heterocycles. The molecular weight excluding hydrogens is 266 g/mol. The molecule has 1 aliphatic heterocycles. The van der Waals surface area contributed by atoms with Gasteiger partial charge >= 0.3 is 0 Å². The molecule has 0 atom stereocenters. The molecule has 1 aromatic rings. The lowest BCUT2D eigenvalue weighted by Crippen LogP contribution is -2.64. The van der Waals surface area contributed by atoms with E-state index in [1.54, 1.807) is 0 Å². The molecule has 0 aliphatic carbocycles. The summed E-state index contributed by atoms with van der Waals surface area (Å²) >= 11 is 0. The highest BCUT2D eigenvalue weighted by atomic mass is 16.2. The van der Waals surface area contributed by atoms with Crippen LogP contribution < -0.4 is 15.5 Å². The minimum atomic E-state index is -0.731. The van der Waals surface area contributed by atoms with Gasteiger partial charge in [0.15, 0.2) is 0 Å². The van der Waals surface area contributed by atoms with Crippen LogP contribution in [-0.2, 0) is 16.1 Å². The van der Waals surface area contributed by atoms with Crippen molar-refractivity contribution in [1.29, 1.82) is 0 Å². The Hall–Kier alpha value is -1.88. The Kier molecular flexibility index (Phi) is 4.32. The number of nitrogens with one attached hydrogen (secondary N) is 2. The number of hydrogen-bond donors (Lipinski definition) is 2. The average molecular weight is 289 g/mol. The van der Waals surface area contributed by atoms with E-state index in [9.17, 15) is 9.59 Å². The van der Waals surface area contributed by atoms with Crippen LogP contribution in [0.4, 0.5) is 5.69 Å². The van der Waals surface area contributed by atoms with E-state index in [1.165, 1.54) is 5.56 Å². The molecule has 2 rings (SSSR count). The van der Waals surface area contributed by atoms with Crippen molar-refractivity contribution in [3.05, 3.63) is 29.8 Å². The maximum atomic E-state index is 12.0. The third-order valence-corrected chi connectivity index (χ3v) is 3.75. The highest BCUT2D eigenvalue weighted by Crippen LogP contribution is 2.26. The number of rotatable bonds is 4. The quantitative estimate of drug-likeness (QED) is 0.823. The average Bonchev–Trinajstić information content (AvgIpc) is 2.41. The second-order valence-corrected chi connectivity index (χ2v) is 6.22. The molecule has 1 heterocycles. The normalized spacial score (nSPS) is 18.0. The Labute approximate surface area is 125 Å². The van der Waals surface area contributed by atoms with Crippen molar-refractivity contribution in [3.8, 4) is 0 Å². The lowest BCUT2D eigenvalue weighted by Gasteiger charge is -2.41. The maximum absolute atomic E-state index is 12.0. The van der Waals surface area contributed by atoms with Gasteiger partial charge in [-0.25, -0.2) is 0 Å². The largest absolute Gasteiger partial charge is 0.348 e. The van der Waals surface area contributed by atoms with Crippen molar-refractivity contribution in [2.45, 2.75) is 45.8 Å². The van der Waals surface area contributed by atoms with Crippen molar-refractivity contribution in [2.75, 3.05) is 11.4 Å². The molecule has 1 aliphatic rings. The minimum absolute atomic E-state index is 0.197. The van der Waals surface area contributed by atoms with Gasteiger partial charge in [-0.05, 0) is 31.5 Å². The van der Waals surface area contributed by atoms with Gasteiger partial charge in [0.25, 0.3) is 5.91 Å². The summed E-state index contributed by atoms with van der Waals surface area (Å²) in [6.07, 6.45) is 0. The number of piperazine rings is 1. The highest BCUT2D eigenvalue weighted by molar-refractivity contribution is 6.06. The highest BCUT2D eigenvalue weighted by Gasteiger charge is 2.40. The van der Waals surface area contributed by atoms with Gasteiger partial charge in [0.1, 0.15) is 5.54 Å². The second kappa shape index (κ2) is 5.85. The summed E-state index contributed by atoms with van der Waals surface area (Å²) in [5.41, 5.74) is 1.33. The van der Waals surface area contributed by atoms with Gasteiger partial charge in [0, 0.05) is 18.3 Å². The SMILES string of the molecule is CC(C)NCc1ccc(N2CC(=O)NC(=O)C2(C)C)cc1. The summed E-state index contributed by atoms with van der Waals surface area (Å²) in [4.78, 5) is 25.4. The predicted octanol–water partition coefficient (Wildman–Crippen LogP) is 1.43. The molecule has 0 saturated carbocycles. The van der Waals surface area contributed by atoms with Crippen molar-refractivity contribution in [2.24, 2.45) is 0 Å². The fourth-order valence-corrected chi connectivity index (χ4v) is 2.31. The van der Waals surface area contributed by atoms with Crippen LogP contribution in [0, 0.1) is 0 Å². The molecule has 1 aromatic carbocycles. The fraction of sp³-hybridized carbons (Fsp3) is 0.500. The molecule has 0 aromatic heterocycles. The third kappa shape index (κ3) is 3.42. The first-order valence-electron chi connectivity index (χ1n) is 7.25. The number of imide groups is 1. The van der Waals surface area contributed by atoms with Crippen molar-refractivity contribution in [1.82, 2.24) is 10.6 Å². The van der Waals surface area contributed by atoms with Gasteiger partial charge in [0.05, 0.1) is 6.54 Å². The summed E-state index contributed by atoms with van der Waals surface area (Å²) in [5, 5.41) is 5.74. The first kappa shape index (κ1) is 15.5. The van der Waals surface area contributed by atoms with Crippen LogP contribution in [0.5, 0.6) is 0 Å². The molecule has 0 unspecified atom stereocenters. The summed E-state index contributed by atoms with van der Waals surface area (Å²) in [6, 6.07) is 8.41. The standard InChI is InChI=1S/C16H23N3O2/c1-11(2)17-9-12-5-7-13(8-6-12)19-10-14(20)18-15(21)16(19,3)4/h5-8,11,17H,9-10H2,1-4H3,(H,18,20,21). The molecular formula is C16H23N3O2. The zero-order chi connectivity index (χ0) is 15.6. The van der Waals surface area contributed by atoms with Crippen LogP contribution in [0.1, 0.15) is 33.3 Å². The topological polar surface area (TPSA) is 61.4 Å². The fourth-order valence-electron chi connectivity index (χ4n) is 2.31. The molecule has 0 radical (unpaired) electrons. The molecule has 5 heteroatoms. The van der Waals surface area contributed by atoms with Crippen LogP contribution >= 0.6 is 0 Å². The smallest absolute Gasteiger partial charge is 0.251 e. The van der Waals surface area contributed by atoms with E-state index in [2.05, 4.69) is 24.5 Å². The van der Waals surface area contributed by atoms with Gasteiger partial charge in [-0.2, -0.15) is 0 Å². The van der Waals surface area contributed by atoms with E-state index < -0.39 is 5.54 Å². The molecule has 5 nitrogen and oxygen atoms in total. The molecule has 0 spiro atoms. The van der Waals surface area contributed by atoms with Gasteiger partial charge in [-0.3, -0.25) is 14.9 Å². The van der Waals surface area contributed by atoms with E-state index in [0.717, 1.165) is 12.2 Å². The molecule has 0 bridgehead atoms. The summed E-state index contributed by atoms with van der Waals surface area (Å²) in [6.45, 7) is 8.86. The first-order valence-corrected chi connectivity index (χ1v) is 7.25. The van der Waals surface area contributed by atoms with Gasteiger partial charge < -0.3 is 10.2 Å². The van der Waals surface area contributed by atoms with Gasteiger partial charge in [-0.1, -0.05) is 26.0 Å². The van der Waals surface area contributed by atoms with E-state index in [0.29, 0.717) is 6.04 Å². The number of amides is 2. The first-order chi connectivity index (χ1) is 9.80. The number of nitrogens with zero attached hydrogens (tertiary/aromatic N) is 1. The maximum Gasteiger partial charge on any atom is 0.251 e. The Balaban J connectivity index is 2.17. The number of carbonyl (C=O) groups is 2. The van der Waals surface area contributed by atoms with Gasteiger partial charge in [-0.15, -0.1) is 0 Å². The van der Waals surface area contributed by atoms with Gasteiger partial charge in [0.2, 0.25) is 5.91 Å². The van der Waals surface area contributed by atoms with E-state index >= 15 is 0 Å². The summed E-state index contributed by atoms with van der Waals surface area (Å²) in [5.74, 6) is -0.519. The number of anilines is 1. The zero-order valence-electron chi connectivity index (χ0n) is 13.1. The molecule has 2 amide bonds. The Morgan fingerprint density at radius 1 is 1.24 bits per heavy atom.